The Labute approximate surface area is 219 Å². The van der Waals surface area contributed by atoms with Crippen molar-refractivity contribution in [3.8, 4) is 0 Å². The second-order valence-corrected chi connectivity index (χ2v) is 11.1. The van der Waals surface area contributed by atoms with Crippen molar-refractivity contribution in [2.45, 2.75) is 59.8 Å². The molecule has 2 saturated carbocycles. The Morgan fingerprint density at radius 3 is 2.08 bits per heavy atom. The molecule has 11 nitrogen and oxygen atoms in total. The highest BCUT2D eigenvalue weighted by molar-refractivity contribution is 6.06. The molecule has 0 saturated heterocycles. The lowest BCUT2D eigenvalue weighted by molar-refractivity contribution is -0.394. The number of oxime groups is 1. The Kier molecular flexibility index (Phi) is 6.59. The fraction of sp³-hybridized carbons (Fsp3) is 0.444. The average molecular weight is 523 g/mol. The van der Waals surface area contributed by atoms with Crippen LogP contribution in [0.5, 0.6) is 0 Å². The number of nitro benzene ring substituents is 2. The van der Waals surface area contributed by atoms with E-state index in [0.717, 1.165) is 18.2 Å². The predicted octanol–water partition coefficient (Wildman–Crippen LogP) is 5.99. The molecule has 0 heterocycles. The van der Waals surface area contributed by atoms with E-state index in [0.29, 0.717) is 30.2 Å². The molecule has 2 bridgehead atoms. The third-order valence-electron chi connectivity index (χ3n) is 8.80. The van der Waals surface area contributed by atoms with E-state index in [-0.39, 0.29) is 17.9 Å². The number of benzene rings is 2. The zero-order valence-corrected chi connectivity index (χ0v) is 21.9. The van der Waals surface area contributed by atoms with Crippen LogP contribution in [-0.2, 0) is 9.63 Å². The summed E-state index contributed by atoms with van der Waals surface area (Å²) >= 11 is 0. The van der Waals surface area contributed by atoms with Gasteiger partial charge >= 0.3 is 5.97 Å². The van der Waals surface area contributed by atoms with Gasteiger partial charge in [0.1, 0.15) is 0 Å². The van der Waals surface area contributed by atoms with Gasteiger partial charge < -0.3 is 10.2 Å². The summed E-state index contributed by atoms with van der Waals surface area (Å²) in [6, 6.07) is 10.3. The summed E-state index contributed by atoms with van der Waals surface area (Å²) in [7, 11) is 0. The van der Waals surface area contributed by atoms with Crippen molar-refractivity contribution in [3.63, 3.8) is 0 Å². The van der Waals surface area contributed by atoms with Crippen LogP contribution >= 0.6 is 0 Å². The number of nitro groups is 2. The zero-order valence-electron chi connectivity index (χ0n) is 21.9. The molecular weight excluding hydrogens is 492 g/mol. The van der Waals surface area contributed by atoms with Gasteiger partial charge in [-0.1, -0.05) is 51.9 Å². The summed E-state index contributed by atoms with van der Waals surface area (Å²) in [5.74, 6) is -0.816. The van der Waals surface area contributed by atoms with E-state index in [1.807, 2.05) is 45.0 Å². The molecule has 2 aromatic carbocycles. The Bertz CT molecular complexity index is 1330. The van der Waals surface area contributed by atoms with Crippen molar-refractivity contribution in [1.82, 2.24) is 0 Å². The third kappa shape index (κ3) is 4.21. The molecule has 2 aliphatic carbocycles. The number of rotatable bonds is 7. The SMILES string of the molecule is CC(C)c1ccc(NC(=O)C23CCC(C)(C(=NOC(=O)c4cc([N+](=O)[O-])cc([N+](=O)[O-])c4)C2)C3(C)C)cc1. The number of fused-ring (bicyclic) bond motifs is 2. The van der Waals surface area contributed by atoms with Crippen LogP contribution in [0.15, 0.2) is 47.6 Å². The highest BCUT2D eigenvalue weighted by Crippen LogP contribution is 2.71. The zero-order chi connectivity index (χ0) is 28.0. The molecule has 11 heteroatoms. The van der Waals surface area contributed by atoms with Gasteiger partial charge in [-0.05, 0) is 41.9 Å². The minimum atomic E-state index is -1.06. The number of hydrogen-bond donors (Lipinski definition) is 1. The standard InChI is InChI=1S/C27H30N4O7/c1-16(2)17-6-8-19(9-7-17)28-24(33)27-11-10-26(5,25(27,3)4)22(15-27)29-38-23(32)18-12-20(30(34)35)14-21(13-18)31(36)37/h6-9,12-14,16H,10-11,15H2,1-5H3,(H,28,33). The fourth-order valence-electron chi connectivity index (χ4n) is 5.80. The molecule has 2 unspecified atom stereocenters. The molecule has 4 rings (SSSR count). The van der Waals surface area contributed by atoms with E-state index in [4.69, 9.17) is 4.84 Å². The minimum absolute atomic E-state index is 0.130. The number of non-ortho nitro benzene ring substituents is 2. The van der Waals surface area contributed by atoms with Gasteiger partial charge in [0.2, 0.25) is 5.91 Å². The normalized spacial score (nSPS) is 24.4. The van der Waals surface area contributed by atoms with E-state index in [1.54, 1.807) is 0 Å². The van der Waals surface area contributed by atoms with Crippen LogP contribution in [0.25, 0.3) is 0 Å². The number of anilines is 1. The Balaban J connectivity index is 1.58. The van der Waals surface area contributed by atoms with Gasteiger partial charge in [-0.2, -0.15) is 0 Å². The van der Waals surface area contributed by atoms with Crippen LogP contribution in [0.4, 0.5) is 17.1 Å². The van der Waals surface area contributed by atoms with Gasteiger partial charge in [0.05, 0.1) is 32.6 Å². The van der Waals surface area contributed by atoms with Crippen molar-refractivity contribution in [1.29, 1.82) is 0 Å². The van der Waals surface area contributed by atoms with Crippen molar-refractivity contribution >= 4 is 34.7 Å². The second-order valence-electron chi connectivity index (χ2n) is 11.1. The molecule has 1 amide bonds. The lowest BCUT2D eigenvalue weighted by Crippen LogP contribution is -2.43. The molecule has 0 spiro atoms. The van der Waals surface area contributed by atoms with Gasteiger partial charge in [0.15, 0.2) is 0 Å². The maximum atomic E-state index is 13.7. The molecule has 200 valence electrons. The van der Waals surface area contributed by atoms with E-state index < -0.39 is 43.4 Å². The van der Waals surface area contributed by atoms with Gasteiger partial charge in [-0.25, -0.2) is 4.79 Å². The first-order chi connectivity index (χ1) is 17.7. The first kappa shape index (κ1) is 26.9. The van der Waals surface area contributed by atoms with Gasteiger partial charge in [0, 0.05) is 29.7 Å². The van der Waals surface area contributed by atoms with Gasteiger partial charge in [-0.15, -0.1) is 0 Å². The highest BCUT2D eigenvalue weighted by Gasteiger charge is 2.71. The molecule has 1 N–H and O–H groups in total. The molecule has 0 radical (unpaired) electrons. The largest absolute Gasteiger partial charge is 0.366 e. The first-order valence-electron chi connectivity index (χ1n) is 12.4. The van der Waals surface area contributed by atoms with E-state index in [9.17, 15) is 29.8 Å². The topological polar surface area (TPSA) is 154 Å². The van der Waals surface area contributed by atoms with Crippen molar-refractivity contribution < 1.29 is 24.3 Å². The lowest BCUT2D eigenvalue weighted by atomic mass is 9.64. The number of hydrogen-bond acceptors (Lipinski definition) is 8. The number of nitrogens with zero attached hydrogens (tertiary/aromatic N) is 3. The highest BCUT2D eigenvalue weighted by atomic mass is 16.7. The van der Waals surface area contributed by atoms with Gasteiger partial charge in [0.25, 0.3) is 11.4 Å². The Hall–Kier alpha value is -4.15. The van der Waals surface area contributed by atoms with Crippen LogP contribution in [0.2, 0.25) is 0 Å². The number of amides is 1. The molecule has 2 atom stereocenters. The maximum Gasteiger partial charge on any atom is 0.366 e. The lowest BCUT2D eigenvalue weighted by Gasteiger charge is -2.39. The summed E-state index contributed by atoms with van der Waals surface area (Å²) in [6.07, 6.45) is 1.56. The molecule has 0 aliphatic heterocycles. The Morgan fingerprint density at radius 1 is 0.974 bits per heavy atom. The smallest absolute Gasteiger partial charge is 0.326 e. The van der Waals surface area contributed by atoms with Crippen LogP contribution in [0.1, 0.15) is 75.7 Å². The number of carbonyl (C=O) groups excluding carboxylic acids is 2. The van der Waals surface area contributed by atoms with Crippen molar-refractivity contribution in [3.05, 3.63) is 73.8 Å². The average Bonchev–Trinajstić information content (AvgIpc) is 3.18. The van der Waals surface area contributed by atoms with Crippen LogP contribution < -0.4 is 5.32 Å². The molecule has 0 aromatic heterocycles. The van der Waals surface area contributed by atoms with E-state index in [1.165, 1.54) is 5.56 Å². The van der Waals surface area contributed by atoms with Crippen LogP contribution in [0, 0.1) is 36.5 Å². The predicted molar refractivity (Wildman–Crippen MR) is 140 cm³/mol. The molecule has 2 aliphatic rings. The van der Waals surface area contributed by atoms with Crippen LogP contribution in [0.3, 0.4) is 0 Å². The van der Waals surface area contributed by atoms with E-state index in [2.05, 4.69) is 24.3 Å². The fourth-order valence-corrected chi connectivity index (χ4v) is 5.80. The summed E-state index contributed by atoms with van der Waals surface area (Å²) in [4.78, 5) is 52.2. The van der Waals surface area contributed by atoms with Crippen LogP contribution in [-0.4, -0.2) is 27.4 Å². The molecule has 2 aromatic rings. The molecule has 2 fully saturated rings. The molecule has 38 heavy (non-hydrogen) atoms. The first-order valence-corrected chi connectivity index (χ1v) is 12.4. The van der Waals surface area contributed by atoms with Gasteiger partial charge in [-0.3, -0.25) is 25.0 Å². The number of nitrogens with one attached hydrogen (secondary N) is 1. The Morgan fingerprint density at radius 2 is 1.55 bits per heavy atom. The summed E-state index contributed by atoms with van der Waals surface area (Å²) in [6.45, 7) is 10.2. The quantitative estimate of drug-likeness (QED) is 0.266. The summed E-state index contributed by atoms with van der Waals surface area (Å²) in [5, 5.41) is 29.5. The third-order valence-corrected chi connectivity index (χ3v) is 8.80. The maximum absolute atomic E-state index is 13.7. The minimum Gasteiger partial charge on any atom is -0.326 e. The van der Waals surface area contributed by atoms with E-state index >= 15 is 0 Å². The monoisotopic (exact) mass is 522 g/mol. The summed E-state index contributed by atoms with van der Waals surface area (Å²) in [5.41, 5.74) is -1.02. The molecular formula is C27H30N4O7. The van der Waals surface area contributed by atoms with Crippen molar-refractivity contribution in [2.24, 2.45) is 21.4 Å². The summed E-state index contributed by atoms with van der Waals surface area (Å²) < 4.78 is 0. The van der Waals surface area contributed by atoms with Crippen molar-refractivity contribution in [2.75, 3.05) is 5.32 Å². The second kappa shape index (κ2) is 9.30. The number of carbonyl (C=O) groups is 2.